The SMILES string of the molecule is CC(C)(C)C(=O)c1cc(C(C)(C)C)nn1C(C)(C)C. The zero-order valence-corrected chi connectivity index (χ0v) is 13.9. The Morgan fingerprint density at radius 1 is 1.00 bits per heavy atom. The van der Waals surface area contributed by atoms with Crippen LogP contribution < -0.4 is 0 Å². The molecule has 1 aromatic rings. The Bertz CT molecular complexity index is 476. The molecule has 0 N–H and O–H groups in total. The predicted molar refractivity (Wildman–Crippen MR) is 79.7 cm³/mol. The molecular weight excluding hydrogens is 236 g/mol. The monoisotopic (exact) mass is 264 g/mol. The van der Waals surface area contributed by atoms with Gasteiger partial charge in [-0.2, -0.15) is 5.10 Å². The van der Waals surface area contributed by atoms with Gasteiger partial charge >= 0.3 is 0 Å². The fourth-order valence-electron chi connectivity index (χ4n) is 1.80. The Balaban J connectivity index is 3.46. The van der Waals surface area contributed by atoms with E-state index < -0.39 is 5.41 Å². The molecule has 108 valence electrons. The van der Waals surface area contributed by atoms with Crippen LogP contribution in [0, 0.1) is 5.41 Å². The molecule has 0 spiro atoms. The van der Waals surface area contributed by atoms with Gasteiger partial charge in [-0.1, -0.05) is 41.5 Å². The Kier molecular flexibility index (Phi) is 3.74. The van der Waals surface area contributed by atoms with Crippen molar-refractivity contribution in [3.63, 3.8) is 0 Å². The van der Waals surface area contributed by atoms with E-state index in [2.05, 4.69) is 46.6 Å². The Labute approximate surface area is 117 Å². The highest BCUT2D eigenvalue weighted by atomic mass is 16.1. The molecule has 0 aliphatic carbocycles. The lowest BCUT2D eigenvalue weighted by molar-refractivity contribution is 0.0838. The zero-order chi connectivity index (χ0) is 15.2. The van der Waals surface area contributed by atoms with E-state index in [-0.39, 0.29) is 16.7 Å². The maximum Gasteiger partial charge on any atom is 0.186 e. The third kappa shape index (κ3) is 3.46. The summed E-state index contributed by atoms with van der Waals surface area (Å²) in [6.07, 6.45) is 0. The second-order valence-corrected chi connectivity index (χ2v) is 8.33. The summed E-state index contributed by atoms with van der Waals surface area (Å²) in [5.74, 6) is 0.144. The molecule has 1 heterocycles. The van der Waals surface area contributed by atoms with Gasteiger partial charge in [-0.25, -0.2) is 0 Å². The fourth-order valence-corrected chi connectivity index (χ4v) is 1.80. The molecule has 0 radical (unpaired) electrons. The van der Waals surface area contributed by atoms with E-state index >= 15 is 0 Å². The molecule has 3 heteroatoms. The van der Waals surface area contributed by atoms with Gasteiger partial charge in [0.15, 0.2) is 5.78 Å². The third-order valence-corrected chi connectivity index (χ3v) is 3.03. The van der Waals surface area contributed by atoms with Crippen molar-refractivity contribution in [1.82, 2.24) is 9.78 Å². The number of hydrogen-bond acceptors (Lipinski definition) is 2. The molecule has 1 aromatic heterocycles. The van der Waals surface area contributed by atoms with Crippen molar-refractivity contribution in [2.45, 2.75) is 73.3 Å². The van der Waals surface area contributed by atoms with Gasteiger partial charge < -0.3 is 0 Å². The minimum atomic E-state index is -0.391. The van der Waals surface area contributed by atoms with Crippen molar-refractivity contribution >= 4 is 5.78 Å². The summed E-state index contributed by atoms with van der Waals surface area (Å²) >= 11 is 0. The van der Waals surface area contributed by atoms with Crippen molar-refractivity contribution in [2.24, 2.45) is 5.41 Å². The topological polar surface area (TPSA) is 34.9 Å². The van der Waals surface area contributed by atoms with Crippen LogP contribution in [0.25, 0.3) is 0 Å². The number of aromatic nitrogens is 2. The van der Waals surface area contributed by atoms with Crippen LogP contribution in [-0.4, -0.2) is 15.6 Å². The lowest BCUT2D eigenvalue weighted by Gasteiger charge is -2.25. The van der Waals surface area contributed by atoms with Crippen LogP contribution in [0.4, 0.5) is 0 Å². The van der Waals surface area contributed by atoms with Crippen molar-refractivity contribution in [3.05, 3.63) is 17.5 Å². The normalized spacial score (nSPS) is 13.7. The molecule has 1 rings (SSSR count). The van der Waals surface area contributed by atoms with Crippen molar-refractivity contribution in [2.75, 3.05) is 0 Å². The molecule has 19 heavy (non-hydrogen) atoms. The summed E-state index contributed by atoms with van der Waals surface area (Å²) < 4.78 is 1.88. The van der Waals surface area contributed by atoms with E-state index in [1.165, 1.54) is 0 Å². The van der Waals surface area contributed by atoms with E-state index in [1.54, 1.807) is 0 Å². The van der Waals surface area contributed by atoms with E-state index in [1.807, 2.05) is 31.5 Å². The summed E-state index contributed by atoms with van der Waals surface area (Å²) in [6.45, 7) is 18.4. The number of rotatable bonds is 1. The average molecular weight is 264 g/mol. The molecule has 0 aromatic carbocycles. The first kappa shape index (κ1) is 15.9. The smallest absolute Gasteiger partial charge is 0.186 e. The van der Waals surface area contributed by atoms with Gasteiger partial charge in [0, 0.05) is 10.8 Å². The Morgan fingerprint density at radius 3 is 1.79 bits per heavy atom. The second kappa shape index (κ2) is 4.46. The minimum Gasteiger partial charge on any atom is -0.292 e. The molecule has 0 aliphatic rings. The van der Waals surface area contributed by atoms with Crippen LogP contribution in [0.3, 0.4) is 0 Å². The first-order chi connectivity index (χ1) is 8.24. The quantitative estimate of drug-likeness (QED) is 0.714. The van der Waals surface area contributed by atoms with Crippen molar-refractivity contribution in [1.29, 1.82) is 0 Å². The molecule has 0 fully saturated rings. The number of carbonyl (C=O) groups is 1. The van der Waals surface area contributed by atoms with Crippen LogP contribution in [0.5, 0.6) is 0 Å². The summed E-state index contributed by atoms with van der Waals surface area (Å²) in [6, 6.07) is 1.96. The maximum absolute atomic E-state index is 12.6. The van der Waals surface area contributed by atoms with Crippen LogP contribution in [0.2, 0.25) is 0 Å². The number of ketones is 1. The maximum atomic E-state index is 12.6. The summed E-state index contributed by atoms with van der Waals surface area (Å²) in [7, 11) is 0. The number of carbonyl (C=O) groups excluding carboxylic acids is 1. The molecule has 0 aliphatic heterocycles. The number of hydrogen-bond donors (Lipinski definition) is 0. The predicted octanol–water partition coefficient (Wildman–Crippen LogP) is 4.16. The van der Waals surface area contributed by atoms with Gasteiger partial charge in [0.2, 0.25) is 0 Å². The molecule has 3 nitrogen and oxygen atoms in total. The van der Waals surface area contributed by atoms with Crippen LogP contribution in [-0.2, 0) is 11.0 Å². The van der Waals surface area contributed by atoms with Gasteiger partial charge in [-0.15, -0.1) is 0 Å². The van der Waals surface area contributed by atoms with Crippen LogP contribution in [0.15, 0.2) is 6.07 Å². The fraction of sp³-hybridized carbons (Fsp3) is 0.750. The lowest BCUT2D eigenvalue weighted by Crippen LogP contribution is -2.31. The second-order valence-electron chi connectivity index (χ2n) is 8.33. The van der Waals surface area contributed by atoms with Gasteiger partial charge in [0.05, 0.1) is 11.2 Å². The summed E-state index contributed by atoms with van der Waals surface area (Å²) in [5.41, 5.74) is 1.04. The molecule has 0 bridgehead atoms. The first-order valence-corrected chi connectivity index (χ1v) is 6.90. The molecule has 0 unspecified atom stereocenters. The first-order valence-electron chi connectivity index (χ1n) is 6.90. The van der Waals surface area contributed by atoms with Crippen LogP contribution >= 0.6 is 0 Å². The van der Waals surface area contributed by atoms with Gasteiger partial charge in [0.25, 0.3) is 0 Å². The average Bonchev–Trinajstić information content (AvgIpc) is 2.57. The highest BCUT2D eigenvalue weighted by molar-refractivity contribution is 5.98. The number of nitrogens with zero attached hydrogens (tertiary/aromatic N) is 2. The van der Waals surface area contributed by atoms with Gasteiger partial charge in [0.1, 0.15) is 5.69 Å². The molecule has 0 atom stereocenters. The van der Waals surface area contributed by atoms with Gasteiger partial charge in [-0.05, 0) is 26.8 Å². The van der Waals surface area contributed by atoms with Crippen molar-refractivity contribution in [3.8, 4) is 0 Å². The molecular formula is C16H28N2O. The molecule has 0 saturated heterocycles. The van der Waals surface area contributed by atoms with E-state index in [4.69, 9.17) is 0 Å². The Morgan fingerprint density at radius 2 is 1.47 bits per heavy atom. The highest BCUT2D eigenvalue weighted by Gasteiger charge is 2.32. The minimum absolute atomic E-state index is 0.0522. The van der Waals surface area contributed by atoms with E-state index in [9.17, 15) is 4.79 Å². The number of Topliss-reactive ketones (excluding diaryl/α,β-unsaturated/α-hetero) is 1. The standard InChI is InChI=1S/C16H28N2O/c1-14(2,3)12-10-11(13(19)15(4,5)6)18(17-12)16(7,8)9/h10H,1-9H3. The summed E-state index contributed by atoms with van der Waals surface area (Å²) in [5, 5.41) is 4.68. The van der Waals surface area contributed by atoms with Gasteiger partial charge in [-0.3, -0.25) is 9.48 Å². The van der Waals surface area contributed by atoms with Crippen LogP contribution in [0.1, 0.15) is 78.5 Å². The third-order valence-electron chi connectivity index (χ3n) is 3.03. The molecule has 0 amide bonds. The molecule has 0 saturated carbocycles. The van der Waals surface area contributed by atoms with Crippen molar-refractivity contribution < 1.29 is 4.79 Å². The van der Waals surface area contributed by atoms with E-state index in [0.717, 1.165) is 5.69 Å². The zero-order valence-electron chi connectivity index (χ0n) is 13.9. The van der Waals surface area contributed by atoms with E-state index in [0.29, 0.717) is 5.69 Å². The Hall–Kier alpha value is -1.12. The largest absolute Gasteiger partial charge is 0.292 e. The summed E-state index contributed by atoms with van der Waals surface area (Å²) in [4.78, 5) is 12.6. The highest BCUT2D eigenvalue weighted by Crippen LogP contribution is 2.29. The lowest BCUT2D eigenvalue weighted by atomic mass is 9.87.